The smallest absolute Gasteiger partial charge is 0.225 e. The predicted molar refractivity (Wildman–Crippen MR) is 81.9 cm³/mol. The molecule has 0 radical (unpaired) electrons. The number of nitrogens with zero attached hydrogens (tertiary/aromatic N) is 2. The van der Waals surface area contributed by atoms with Gasteiger partial charge in [0.25, 0.3) is 0 Å². The van der Waals surface area contributed by atoms with Crippen LogP contribution in [0.25, 0.3) is 0 Å². The van der Waals surface area contributed by atoms with E-state index in [-0.39, 0.29) is 17.7 Å². The maximum Gasteiger partial charge on any atom is 0.225 e. The van der Waals surface area contributed by atoms with Crippen molar-refractivity contribution in [3.8, 4) is 0 Å². The fraction of sp³-hybridized carbons (Fsp3) is 0.750. The van der Waals surface area contributed by atoms with Crippen molar-refractivity contribution in [2.75, 3.05) is 19.6 Å². The molecule has 3 rings (SSSR count). The van der Waals surface area contributed by atoms with Crippen LogP contribution in [0.15, 0.2) is 12.4 Å². The Hall–Kier alpha value is -1.36. The lowest BCUT2D eigenvalue weighted by molar-refractivity contribution is -0.125. The van der Waals surface area contributed by atoms with Crippen LogP contribution >= 0.6 is 0 Å². The van der Waals surface area contributed by atoms with Crippen LogP contribution in [0.1, 0.15) is 43.6 Å². The Morgan fingerprint density at radius 2 is 2.19 bits per heavy atom. The quantitative estimate of drug-likeness (QED) is 0.882. The number of nitrogens with one attached hydrogen (secondary N) is 2. The zero-order valence-electron chi connectivity index (χ0n) is 12.8. The van der Waals surface area contributed by atoms with Gasteiger partial charge < -0.3 is 10.6 Å². The standard InChI is InChI=1S/C16H26N4O/c1-20-11-13(8-19-20)14-9-17-10-15(14)16(21)18-7-12-5-3-2-4-6-12/h8,11-12,14-15,17H,2-7,9-10H2,1H3,(H,18,21)/t14-,15+/m1/s1. The van der Waals surface area contributed by atoms with E-state index in [2.05, 4.69) is 15.7 Å². The van der Waals surface area contributed by atoms with E-state index in [1.807, 2.05) is 24.1 Å². The number of aromatic nitrogens is 2. The van der Waals surface area contributed by atoms with E-state index in [0.29, 0.717) is 5.92 Å². The zero-order chi connectivity index (χ0) is 14.7. The van der Waals surface area contributed by atoms with Crippen LogP contribution in [-0.4, -0.2) is 35.3 Å². The first-order valence-corrected chi connectivity index (χ1v) is 8.21. The summed E-state index contributed by atoms with van der Waals surface area (Å²) in [6.45, 7) is 2.50. The first-order chi connectivity index (χ1) is 10.2. The van der Waals surface area contributed by atoms with Crippen molar-refractivity contribution in [2.45, 2.75) is 38.0 Å². The van der Waals surface area contributed by atoms with E-state index in [1.54, 1.807) is 0 Å². The number of aryl methyl sites for hydroxylation is 1. The Bertz CT molecular complexity index is 478. The third kappa shape index (κ3) is 3.46. The lowest BCUT2D eigenvalue weighted by Crippen LogP contribution is -2.37. The molecule has 2 aliphatic rings. The molecule has 0 spiro atoms. The molecule has 0 bridgehead atoms. The highest BCUT2D eigenvalue weighted by molar-refractivity contribution is 5.80. The molecule has 21 heavy (non-hydrogen) atoms. The van der Waals surface area contributed by atoms with Crippen molar-refractivity contribution < 1.29 is 4.79 Å². The molecule has 1 saturated heterocycles. The van der Waals surface area contributed by atoms with Gasteiger partial charge in [0.15, 0.2) is 0 Å². The molecular formula is C16H26N4O. The van der Waals surface area contributed by atoms with Crippen LogP contribution in [0.5, 0.6) is 0 Å². The topological polar surface area (TPSA) is 59.0 Å². The molecule has 1 amide bonds. The summed E-state index contributed by atoms with van der Waals surface area (Å²) in [7, 11) is 1.92. The summed E-state index contributed by atoms with van der Waals surface area (Å²) in [5.41, 5.74) is 1.17. The van der Waals surface area contributed by atoms with Gasteiger partial charge in [0.2, 0.25) is 5.91 Å². The Morgan fingerprint density at radius 1 is 1.38 bits per heavy atom. The van der Waals surface area contributed by atoms with Gasteiger partial charge >= 0.3 is 0 Å². The molecule has 5 heteroatoms. The molecule has 2 atom stereocenters. The van der Waals surface area contributed by atoms with Crippen LogP contribution < -0.4 is 10.6 Å². The fourth-order valence-corrected chi connectivity index (χ4v) is 3.70. The van der Waals surface area contributed by atoms with Crippen LogP contribution in [0, 0.1) is 11.8 Å². The van der Waals surface area contributed by atoms with Crippen molar-refractivity contribution in [2.24, 2.45) is 18.9 Å². The van der Waals surface area contributed by atoms with Gasteiger partial charge in [-0.2, -0.15) is 5.10 Å². The molecule has 0 unspecified atom stereocenters. The van der Waals surface area contributed by atoms with Crippen molar-refractivity contribution in [3.63, 3.8) is 0 Å². The lowest BCUT2D eigenvalue weighted by Gasteiger charge is -2.23. The van der Waals surface area contributed by atoms with Gasteiger partial charge in [-0.15, -0.1) is 0 Å². The Kier molecular flexibility index (Phi) is 4.58. The van der Waals surface area contributed by atoms with Crippen molar-refractivity contribution >= 4 is 5.91 Å². The normalized spacial score (nSPS) is 26.9. The third-order valence-corrected chi connectivity index (χ3v) is 4.99. The van der Waals surface area contributed by atoms with Crippen LogP contribution in [0.3, 0.4) is 0 Å². The highest BCUT2D eigenvalue weighted by Gasteiger charge is 2.34. The van der Waals surface area contributed by atoms with Gasteiger partial charge in [0.1, 0.15) is 0 Å². The molecule has 1 aliphatic carbocycles. The van der Waals surface area contributed by atoms with Crippen molar-refractivity contribution in [1.29, 1.82) is 0 Å². The van der Waals surface area contributed by atoms with Crippen LogP contribution in [0.2, 0.25) is 0 Å². The minimum atomic E-state index is 0.0396. The highest BCUT2D eigenvalue weighted by Crippen LogP contribution is 2.28. The third-order valence-electron chi connectivity index (χ3n) is 4.99. The number of carbonyl (C=O) groups is 1. The number of rotatable bonds is 4. The van der Waals surface area contributed by atoms with Gasteiger partial charge in [-0.3, -0.25) is 9.48 Å². The van der Waals surface area contributed by atoms with Crippen LogP contribution in [0.4, 0.5) is 0 Å². The second kappa shape index (κ2) is 6.60. The van der Waals surface area contributed by atoms with Gasteiger partial charge in [0, 0.05) is 38.8 Å². The molecule has 1 aromatic rings. The molecule has 1 aliphatic heterocycles. The predicted octanol–water partition coefficient (Wildman–Crippen LogP) is 1.42. The Morgan fingerprint density at radius 3 is 2.90 bits per heavy atom. The molecule has 5 nitrogen and oxygen atoms in total. The summed E-state index contributed by atoms with van der Waals surface area (Å²) < 4.78 is 1.81. The number of hydrogen-bond acceptors (Lipinski definition) is 3. The van der Waals surface area contributed by atoms with Crippen molar-refractivity contribution in [3.05, 3.63) is 18.0 Å². The second-order valence-electron chi connectivity index (χ2n) is 6.57. The van der Waals surface area contributed by atoms with Gasteiger partial charge in [-0.05, 0) is 24.3 Å². The van der Waals surface area contributed by atoms with E-state index in [4.69, 9.17) is 0 Å². The minimum Gasteiger partial charge on any atom is -0.356 e. The molecule has 1 aromatic heterocycles. The Balaban J connectivity index is 1.55. The first kappa shape index (κ1) is 14.6. The molecule has 2 fully saturated rings. The second-order valence-corrected chi connectivity index (χ2v) is 6.57. The summed E-state index contributed by atoms with van der Waals surface area (Å²) in [5.74, 6) is 1.19. The fourth-order valence-electron chi connectivity index (χ4n) is 3.70. The maximum atomic E-state index is 12.5. The largest absolute Gasteiger partial charge is 0.356 e. The molecule has 1 saturated carbocycles. The molecule has 2 heterocycles. The summed E-state index contributed by atoms with van der Waals surface area (Å²) in [6.07, 6.45) is 10.5. The van der Waals surface area contributed by atoms with Gasteiger partial charge in [-0.25, -0.2) is 0 Å². The van der Waals surface area contributed by atoms with Crippen LogP contribution in [-0.2, 0) is 11.8 Å². The lowest BCUT2D eigenvalue weighted by atomic mass is 9.88. The van der Waals surface area contributed by atoms with Crippen molar-refractivity contribution in [1.82, 2.24) is 20.4 Å². The molecule has 116 valence electrons. The minimum absolute atomic E-state index is 0.0396. The molecule has 0 aromatic carbocycles. The van der Waals surface area contributed by atoms with E-state index in [1.165, 1.54) is 37.7 Å². The van der Waals surface area contributed by atoms with Gasteiger partial charge in [0.05, 0.1) is 12.1 Å². The molecular weight excluding hydrogens is 264 g/mol. The first-order valence-electron chi connectivity index (χ1n) is 8.21. The Labute approximate surface area is 126 Å². The highest BCUT2D eigenvalue weighted by atomic mass is 16.1. The number of carbonyl (C=O) groups excluding carboxylic acids is 1. The van der Waals surface area contributed by atoms with E-state index < -0.39 is 0 Å². The molecule has 2 N–H and O–H groups in total. The average molecular weight is 290 g/mol. The summed E-state index contributed by atoms with van der Waals surface area (Å²) in [4.78, 5) is 12.5. The summed E-state index contributed by atoms with van der Waals surface area (Å²) in [5, 5.41) is 10.8. The number of hydrogen-bond donors (Lipinski definition) is 2. The number of amides is 1. The van der Waals surface area contributed by atoms with Gasteiger partial charge in [-0.1, -0.05) is 19.3 Å². The summed E-state index contributed by atoms with van der Waals surface area (Å²) in [6, 6.07) is 0. The SMILES string of the molecule is Cn1cc([C@H]2CNC[C@@H]2C(=O)NCC2CCCCC2)cn1. The zero-order valence-corrected chi connectivity index (χ0v) is 12.8. The maximum absolute atomic E-state index is 12.5. The summed E-state index contributed by atoms with van der Waals surface area (Å²) >= 11 is 0. The van der Waals surface area contributed by atoms with E-state index >= 15 is 0 Å². The monoisotopic (exact) mass is 290 g/mol. The van der Waals surface area contributed by atoms with E-state index in [0.717, 1.165) is 19.6 Å². The average Bonchev–Trinajstić information content (AvgIpc) is 3.14. The van der Waals surface area contributed by atoms with E-state index in [9.17, 15) is 4.79 Å².